The first-order chi connectivity index (χ1) is 10.1. The van der Waals surface area contributed by atoms with E-state index < -0.39 is 0 Å². The van der Waals surface area contributed by atoms with E-state index in [0.717, 1.165) is 15.7 Å². The zero-order chi connectivity index (χ0) is 15.2. The van der Waals surface area contributed by atoms with Crippen molar-refractivity contribution in [3.63, 3.8) is 0 Å². The average Bonchev–Trinajstić information content (AvgIpc) is 2.93. The largest absolute Gasteiger partial charge is 0.380 e. The molecule has 0 aliphatic rings. The van der Waals surface area contributed by atoms with Gasteiger partial charge in [0.2, 0.25) is 5.91 Å². The molecule has 1 amide bonds. The maximum Gasteiger partial charge on any atom is 0.228 e. The van der Waals surface area contributed by atoms with E-state index >= 15 is 0 Å². The molecular formula is C14H16BrN3O2S. The van der Waals surface area contributed by atoms with Gasteiger partial charge in [-0.3, -0.25) is 4.79 Å². The van der Waals surface area contributed by atoms with Crippen molar-refractivity contribution >= 4 is 38.3 Å². The number of nitrogens with zero attached hydrogens (tertiary/aromatic N) is 1. The molecular weight excluding hydrogens is 354 g/mol. The number of ether oxygens (including phenoxy) is 1. The summed E-state index contributed by atoms with van der Waals surface area (Å²) in [4.78, 5) is 16.3. The first-order valence-electron chi connectivity index (χ1n) is 6.36. The second kappa shape index (κ2) is 7.65. The minimum Gasteiger partial charge on any atom is -0.380 e. The number of rotatable bonds is 6. The molecule has 0 saturated heterocycles. The quantitative estimate of drug-likeness (QED) is 0.820. The van der Waals surface area contributed by atoms with Gasteiger partial charge in [-0.1, -0.05) is 28.1 Å². The predicted octanol–water partition coefficient (Wildman–Crippen LogP) is 2.87. The topological polar surface area (TPSA) is 77.2 Å². The van der Waals surface area contributed by atoms with Gasteiger partial charge in [0.25, 0.3) is 0 Å². The molecule has 1 unspecified atom stereocenters. The van der Waals surface area contributed by atoms with Crippen LogP contribution in [0.5, 0.6) is 0 Å². The maximum absolute atomic E-state index is 11.9. The Bertz CT molecular complexity index is 614. The third kappa shape index (κ3) is 4.60. The molecule has 0 saturated carbocycles. The summed E-state index contributed by atoms with van der Waals surface area (Å²) < 4.78 is 6.08. The van der Waals surface area contributed by atoms with E-state index in [4.69, 9.17) is 10.5 Å². The van der Waals surface area contributed by atoms with Crippen LogP contribution < -0.4 is 11.1 Å². The summed E-state index contributed by atoms with van der Waals surface area (Å²) in [5.74, 6) is -0.151. The van der Waals surface area contributed by atoms with Crippen molar-refractivity contribution < 1.29 is 9.53 Å². The van der Waals surface area contributed by atoms with Crippen LogP contribution in [0, 0.1) is 0 Å². The lowest BCUT2D eigenvalue weighted by atomic mass is 10.2. The molecule has 1 aromatic carbocycles. The molecule has 2 aromatic rings. The Kier molecular flexibility index (Phi) is 5.86. The Morgan fingerprint density at radius 2 is 2.38 bits per heavy atom. The van der Waals surface area contributed by atoms with Crippen LogP contribution >= 0.6 is 27.3 Å². The summed E-state index contributed by atoms with van der Waals surface area (Å²) in [6.07, 6.45) is -0.0479. The van der Waals surface area contributed by atoms with E-state index in [0.29, 0.717) is 11.7 Å². The molecule has 1 aromatic heterocycles. The fourth-order valence-electron chi connectivity index (χ4n) is 1.75. The molecule has 7 heteroatoms. The summed E-state index contributed by atoms with van der Waals surface area (Å²) in [7, 11) is 1.54. The van der Waals surface area contributed by atoms with Crippen LogP contribution in [0.15, 0.2) is 34.1 Å². The standard InChI is InChI=1S/C14H16BrN3O2S/c1-20-11(7-16)6-13(19)18-14-17-12(8-21-14)9-3-2-4-10(15)5-9/h2-5,8,11H,6-7,16H2,1H3,(H,17,18,19). The van der Waals surface area contributed by atoms with Gasteiger partial charge in [-0.2, -0.15) is 0 Å². The molecule has 0 aliphatic carbocycles. The predicted molar refractivity (Wildman–Crippen MR) is 88.3 cm³/mol. The lowest BCUT2D eigenvalue weighted by molar-refractivity contribution is -0.118. The Morgan fingerprint density at radius 3 is 3.05 bits per heavy atom. The first-order valence-corrected chi connectivity index (χ1v) is 8.04. The zero-order valence-electron chi connectivity index (χ0n) is 11.5. The number of nitrogens with one attached hydrogen (secondary N) is 1. The second-order valence-electron chi connectivity index (χ2n) is 4.39. The molecule has 3 N–H and O–H groups in total. The Morgan fingerprint density at radius 1 is 1.57 bits per heavy atom. The van der Waals surface area contributed by atoms with Crippen LogP contribution in [-0.4, -0.2) is 30.6 Å². The third-order valence-electron chi connectivity index (χ3n) is 2.88. The van der Waals surface area contributed by atoms with Gasteiger partial charge < -0.3 is 15.8 Å². The molecule has 2 rings (SSSR count). The van der Waals surface area contributed by atoms with Gasteiger partial charge in [-0.25, -0.2) is 4.98 Å². The fourth-order valence-corrected chi connectivity index (χ4v) is 2.89. The number of amides is 1. The number of thiazole rings is 1. The third-order valence-corrected chi connectivity index (χ3v) is 4.13. The Balaban J connectivity index is 2.02. The number of nitrogens with two attached hydrogens (primary N) is 1. The van der Waals surface area contributed by atoms with E-state index in [1.807, 2.05) is 29.6 Å². The van der Waals surface area contributed by atoms with Crippen LogP contribution in [0.2, 0.25) is 0 Å². The highest BCUT2D eigenvalue weighted by molar-refractivity contribution is 9.10. The second-order valence-corrected chi connectivity index (χ2v) is 6.17. The molecule has 1 atom stereocenters. The van der Waals surface area contributed by atoms with Gasteiger partial charge in [-0.15, -0.1) is 11.3 Å². The van der Waals surface area contributed by atoms with E-state index in [1.165, 1.54) is 11.3 Å². The van der Waals surface area contributed by atoms with Crippen molar-refractivity contribution in [3.05, 3.63) is 34.1 Å². The van der Waals surface area contributed by atoms with Crippen LogP contribution in [0.4, 0.5) is 5.13 Å². The van der Waals surface area contributed by atoms with Crippen molar-refractivity contribution in [3.8, 4) is 11.3 Å². The SMILES string of the molecule is COC(CN)CC(=O)Nc1nc(-c2cccc(Br)c2)cs1. The van der Waals surface area contributed by atoms with Crippen molar-refractivity contribution in [1.82, 2.24) is 4.98 Å². The number of halogens is 1. The van der Waals surface area contributed by atoms with E-state index in [1.54, 1.807) is 7.11 Å². The van der Waals surface area contributed by atoms with Crippen molar-refractivity contribution in [2.75, 3.05) is 19.0 Å². The molecule has 112 valence electrons. The van der Waals surface area contributed by atoms with Crippen LogP contribution in [-0.2, 0) is 9.53 Å². The molecule has 0 fully saturated rings. The van der Waals surface area contributed by atoms with Gasteiger partial charge in [0, 0.05) is 29.1 Å². The van der Waals surface area contributed by atoms with Gasteiger partial charge >= 0.3 is 0 Å². The summed E-state index contributed by atoms with van der Waals surface area (Å²) in [5.41, 5.74) is 7.33. The van der Waals surface area contributed by atoms with E-state index in [2.05, 4.69) is 26.2 Å². The number of hydrogen-bond donors (Lipinski definition) is 2. The van der Waals surface area contributed by atoms with Crippen LogP contribution in [0.1, 0.15) is 6.42 Å². The zero-order valence-corrected chi connectivity index (χ0v) is 13.9. The Labute approximate surface area is 135 Å². The number of methoxy groups -OCH3 is 1. The number of benzene rings is 1. The molecule has 0 bridgehead atoms. The van der Waals surface area contributed by atoms with E-state index in [-0.39, 0.29) is 18.4 Å². The normalized spacial score (nSPS) is 12.1. The highest BCUT2D eigenvalue weighted by Crippen LogP contribution is 2.26. The average molecular weight is 370 g/mol. The number of carbonyl (C=O) groups excluding carboxylic acids is 1. The van der Waals surface area contributed by atoms with Gasteiger partial charge in [0.05, 0.1) is 18.2 Å². The molecule has 0 spiro atoms. The minimum absolute atomic E-state index is 0.151. The highest BCUT2D eigenvalue weighted by atomic mass is 79.9. The van der Waals surface area contributed by atoms with Crippen molar-refractivity contribution in [1.29, 1.82) is 0 Å². The highest BCUT2D eigenvalue weighted by Gasteiger charge is 2.13. The lowest BCUT2D eigenvalue weighted by Crippen LogP contribution is -2.28. The molecule has 1 heterocycles. The summed E-state index contributed by atoms with van der Waals surface area (Å²) in [6, 6.07) is 7.86. The lowest BCUT2D eigenvalue weighted by Gasteiger charge is -2.11. The summed E-state index contributed by atoms with van der Waals surface area (Å²) in [6.45, 7) is 0.311. The van der Waals surface area contributed by atoms with Gasteiger partial charge in [0.1, 0.15) is 0 Å². The molecule has 21 heavy (non-hydrogen) atoms. The monoisotopic (exact) mass is 369 g/mol. The fraction of sp³-hybridized carbons (Fsp3) is 0.286. The molecule has 0 radical (unpaired) electrons. The van der Waals surface area contributed by atoms with Gasteiger partial charge in [0.15, 0.2) is 5.13 Å². The molecule has 0 aliphatic heterocycles. The minimum atomic E-state index is -0.269. The first kappa shape index (κ1) is 16.1. The van der Waals surface area contributed by atoms with Crippen LogP contribution in [0.25, 0.3) is 11.3 Å². The van der Waals surface area contributed by atoms with Crippen molar-refractivity contribution in [2.45, 2.75) is 12.5 Å². The molecule has 5 nitrogen and oxygen atoms in total. The smallest absolute Gasteiger partial charge is 0.228 e. The Hall–Kier alpha value is -1.28. The van der Waals surface area contributed by atoms with Crippen molar-refractivity contribution in [2.24, 2.45) is 5.73 Å². The summed E-state index contributed by atoms with van der Waals surface area (Å²) in [5, 5.41) is 5.25. The summed E-state index contributed by atoms with van der Waals surface area (Å²) >= 11 is 4.82. The number of aromatic nitrogens is 1. The maximum atomic E-state index is 11.9. The number of anilines is 1. The van der Waals surface area contributed by atoms with Gasteiger partial charge in [-0.05, 0) is 12.1 Å². The van der Waals surface area contributed by atoms with E-state index in [9.17, 15) is 4.79 Å². The number of hydrogen-bond acceptors (Lipinski definition) is 5. The number of carbonyl (C=O) groups is 1. The van der Waals surface area contributed by atoms with Crippen LogP contribution in [0.3, 0.4) is 0 Å².